The van der Waals surface area contributed by atoms with Crippen LogP contribution >= 0.6 is 15.9 Å². The number of nitrogens with zero attached hydrogens (tertiary/aromatic N) is 1. The second-order valence-corrected chi connectivity index (χ2v) is 7.73. The van der Waals surface area contributed by atoms with Gasteiger partial charge in [-0.3, -0.25) is 0 Å². The average molecular weight is 437 g/mol. The van der Waals surface area contributed by atoms with Gasteiger partial charge in [0, 0.05) is 5.56 Å². The van der Waals surface area contributed by atoms with Gasteiger partial charge in [0.1, 0.15) is 12.4 Å². The van der Waals surface area contributed by atoms with E-state index in [9.17, 15) is 0 Å². The molecule has 1 aromatic heterocycles. The number of rotatable bonds is 5. The number of methoxy groups -OCH3 is 1. The quantitative estimate of drug-likeness (QED) is 0.405. The highest BCUT2D eigenvalue weighted by atomic mass is 79.9. The van der Waals surface area contributed by atoms with E-state index < -0.39 is 0 Å². The van der Waals surface area contributed by atoms with Crippen molar-refractivity contribution in [3.63, 3.8) is 0 Å². The van der Waals surface area contributed by atoms with Gasteiger partial charge in [0.15, 0.2) is 11.5 Å². The first-order valence-electron chi connectivity index (χ1n) is 9.06. The van der Waals surface area contributed by atoms with Crippen molar-refractivity contribution in [3.8, 4) is 22.9 Å². The Balaban J connectivity index is 1.66. The minimum Gasteiger partial charge on any atom is -0.493 e. The Morgan fingerprint density at radius 1 is 1.00 bits per heavy atom. The highest BCUT2D eigenvalue weighted by Gasteiger charge is 2.15. The van der Waals surface area contributed by atoms with Crippen LogP contribution in [0, 0.1) is 13.8 Å². The van der Waals surface area contributed by atoms with Gasteiger partial charge in [0.25, 0.3) is 0 Å². The molecule has 4 aromatic rings. The van der Waals surface area contributed by atoms with Crippen molar-refractivity contribution in [3.05, 3.63) is 75.8 Å². The summed E-state index contributed by atoms with van der Waals surface area (Å²) in [6.45, 7) is 4.61. The number of H-pyrrole nitrogens is 1. The molecule has 5 heteroatoms. The zero-order valence-electron chi connectivity index (χ0n) is 16.0. The smallest absolute Gasteiger partial charge is 0.175 e. The summed E-state index contributed by atoms with van der Waals surface area (Å²) in [5.74, 6) is 2.14. The third kappa shape index (κ3) is 3.76. The van der Waals surface area contributed by atoms with E-state index in [0.29, 0.717) is 18.1 Å². The molecule has 3 aromatic carbocycles. The Morgan fingerprint density at radius 2 is 1.82 bits per heavy atom. The normalized spacial score (nSPS) is 11.0. The maximum atomic E-state index is 6.06. The zero-order chi connectivity index (χ0) is 19.7. The van der Waals surface area contributed by atoms with Crippen LogP contribution < -0.4 is 9.47 Å². The molecule has 1 N–H and O–H groups in total. The fourth-order valence-corrected chi connectivity index (χ4v) is 3.77. The van der Waals surface area contributed by atoms with Crippen molar-refractivity contribution in [1.82, 2.24) is 9.97 Å². The van der Waals surface area contributed by atoms with Crippen molar-refractivity contribution >= 4 is 27.0 Å². The van der Waals surface area contributed by atoms with Crippen LogP contribution in [0.25, 0.3) is 22.4 Å². The van der Waals surface area contributed by atoms with Gasteiger partial charge in [-0.25, -0.2) is 4.98 Å². The number of hydrogen-bond acceptors (Lipinski definition) is 3. The van der Waals surface area contributed by atoms with Gasteiger partial charge >= 0.3 is 0 Å². The minimum absolute atomic E-state index is 0.472. The number of benzene rings is 3. The number of aryl methyl sites for hydroxylation is 2. The standard InChI is InChI=1S/C23H21BrN2O2/c1-14-5-4-6-16(9-14)13-28-22-18(24)11-17(12-21(22)27-3)23-25-19-8-7-15(2)10-20(19)26-23/h4-12H,13H2,1-3H3,(H,25,26). The van der Waals surface area contributed by atoms with E-state index in [1.54, 1.807) is 7.11 Å². The van der Waals surface area contributed by atoms with Gasteiger partial charge < -0.3 is 14.5 Å². The molecule has 0 atom stereocenters. The third-order valence-corrected chi connectivity index (χ3v) is 5.19. The van der Waals surface area contributed by atoms with Crippen molar-refractivity contribution in [2.24, 2.45) is 0 Å². The van der Waals surface area contributed by atoms with Crippen molar-refractivity contribution < 1.29 is 9.47 Å². The first-order valence-corrected chi connectivity index (χ1v) is 9.85. The maximum absolute atomic E-state index is 6.06. The number of halogens is 1. The number of aromatic amines is 1. The zero-order valence-corrected chi connectivity index (χ0v) is 17.6. The molecule has 0 bridgehead atoms. The lowest BCUT2D eigenvalue weighted by molar-refractivity contribution is 0.282. The van der Waals surface area contributed by atoms with Crippen LogP contribution in [0.1, 0.15) is 16.7 Å². The third-order valence-electron chi connectivity index (χ3n) is 4.61. The number of imidazole rings is 1. The molecule has 0 aliphatic rings. The summed E-state index contributed by atoms with van der Waals surface area (Å²) >= 11 is 3.63. The minimum atomic E-state index is 0.472. The van der Waals surface area contributed by atoms with Gasteiger partial charge in [0.2, 0.25) is 0 Å². The lowest BCUT2D eigenvalue weighted by Crippen LogP contribution is -1.99. The molecule has 0 saturated heterocycles. The van der Waals surface area contributed by atoms with Gasteiger partial charge in [-0.05, 0) is 65.2 Å². The Kier molecular flexibility index (Phi) is 5.09. The van der Waals surface area contributed by atoms with Gasteiger partial charge in [-0.1, -0.05) is 35.9 Å². The molecule has 4 nitrogen and oxygen atoms in total. The molecular formula is C23H21BrN2O2. The fraction of sp³-hybridized carbons (Fsp3) is 0.174. The summed E-state index contributed by atoms with van der Waals surface area (Å²) in [6, 6.07) is 18.4. The predicted molar refractivity (Wildman–Crippen MR) is 116 cm³/mol. The topological polar surface area (TPSA) is 47.1 Å². The van der Waals surface area contributed by atoms with E-state index in [1.165, 1.54) is 11.1 Å². The van der Waals surface area contributed by atoms with Gasteiger partial charge in [-0.2, -0.15) is 0 Å². The molecule has 0 aliphatic heterocycles. The molecule has 1 heterocycles. The number of hydrogen-bond donors (Lipinski definition) is 1. The Hall–Kier alpha value is -2.79. The molecule has 4 rings (SSSR count). The van der Waals surface area contributed by atoms with E-state index in [2.05, 4.69) is 65.1 Å². The monoisotopic (exact) mass is 436 g/mol. The summed E-state index contributed by atoms with van der Waals surface area (Å²) in [4.78, 5) is 8.09. The van der Waals surface area contributed by atoms with Crippen LogP contribution in [0.15, 0.2) is 59.1 Å². The second-order valence-electron chi connectivity index (χ2n) is 6.87. The number of fused-ring (bicyclic) bond motifs is 1. The summed E-state index contributed by atoms with van der Waals surface area (Å²) in [6.07, 6.45) is 0. The predicted octanol–water partition coefficient (Wildman–Crippen LogP) is 6.20. The first kappa shape index (κ1) is 18.6. The molecular weight excluding hydrogens is 416 g/mol. The number of nitrogens with one attached hydrogen (secondary N) is 1. The lowest BCUT2D eigenvalue weighted by atomic mass is 10.1. The molecule has 0 fully saturated rings. The van der Waals surface area contributed by atoms with E-state index in [1.807, 2.05) is 24.3 Å². The number of aromatic nitrogens is 2. The van der Waals surface area contributed by atoms with Crippen LogP contribution in [-0.4, -0.2) is 17.1 Å². The summed E-state index contributed by atoms with van der Waals surface area (Å²) in [5.41, 5.74) is 6.41. The molecule has 142 valence electrons. The molecule has 0 aliphatic carbocycles. The molecule has 0 spiro atoms. The average Bonchev–Trinajstić information content (AvgIpc) is 3.09. The van der Waals surface area contributed by atoms with E-state index in [0.717, 1.165) is 32.5 Å². The maximum Gasteiger partial charge on any atom is 0.175 e. The van der Waals surface area contributed by atoms with Crippen LogP contribution in [0.5, 0.6) is 11.5 Å². The van der Waals surface area contributed by atoms with E-state index in [4.69, 9.17) is 14.5 Å². The Morgan fingerprint density at radius 3 is 2.61 bits per heavy atom. The van der Waals surface area contributed by atoms with E-state index >= 15 is 0 Å². The van der Waals surface area contributed by atoms with E-state index in [-0.39, 0.29) is 0 Å². The molecule has 28 heavy (non-hydrogen) atoms. The van der Waals surface area contributed by atoms with Crippen LogP contribution in [0.2, 0.25) is 0 Å². The van der Waals surface area contributed by atoms with Crippen LogP contribution in [-0.2, 0) is 6.61 Å². The highest BCUT2D eigenvalue weighted by Crippen LogP contribution is 2.40. The summed E-state index contributed by atoms with van der Waals surface area (Å²) in [7, 11) is 1.65. The SMILES string of the molecule is COc1cc(-c2nc3ccc(C)cc3[nH]2)cc(Br)c1OCc1cccc(C)c1. The van der Waals surface area contributed by atoms with Crippen LogP contribution in [0.4, 0.5) is 0 Å². The number of ether oxygens (including phenoxy) is 2. The fourth-order valence-electron chi connectivity index (χ4n) is 3.21. The largest absolute Gasteiger partial charge is 0.493 e. The van der Waals surface area contributed by atoms with Crippen molar-refractivity contribution in [2.75, 3.05) is 7.11 Å². The van der Waals surface area contributed by atoms with Gasteiger partial charge in [-0.15, -0.1) is 0 Å². The molecule has 0 radical (unpaired) electrons. The molecule has 0 unspecified atom stereocenters. The summed E-state index contributed by atoms with van der Waals surface area (Å²) < 4.78 is 12.5. The second kappa shape index (κ2) is 7.68. The van der Waals surface area contributed by atoms with Crippen molar-refractivity contribution in [1.29, 1.82) is 0 Å². The Labute approximate surface area is 172 Å². The van der Waals surface area contributed by atoms with Crippen LogP contribution in [0.3, 0.4) is 0 Å². The first-order chi connectivity index (χ1) is 13.5. The lowest BCUT2D eigenvalue weighted by Gasteiger charge is -2.14. The van der Waals surface area contributed by atoms with Gasteiger partial charge in [0.05, 0.1) is 22.6 Å². The highest BCUT2D eigenvalue weighted by molar-refractivity contribution is 9.10. The van der Waals surface area contributed by atoms with Crippen molar-refractivity contribution in [2.45, 2.75) is 20.5 Å². The Bertz CT molecular complexity index is 1150. The molecule has 0 saturated carbocycles. The summed E-state index contributed by atoms with van der Waals surface area (Å²) in [5, 5.41) is 0. The molecule has 0 amide bonds.